The Labute approximate surface area is 272 Å². The van der Waals surface area contributed by atoms with E-state index < -0.39 is 11.9 Å². The Bertz CT molecular complexity index is 1480. The standard InChI is InChI=1S/C40H42O6/c1-43-35-21-15-29(16-22-35)13-19-33-25-38(40(42)46-28-32-11-7-4-8-12-32)34(20-14-30-17-23-36(44-2)24-18-30)26-37(33)39(41)45-27-31-9-5-3-6-10-31/h15-18,21-26,31-32H,3-12,27-28H2,1-2H3. The third-order valence-corrected chi connectivity index (χ3v) is 8.81. The highest BCUT2D eigenvalue weighted by molar-refractivity contribution is 5.98. The van der Waals surface area contributed by atoms with Gasteiger partial charge in [0.2, 0.25) is 0 Å². The first-order chi connectivity index (χ1) is 22.5. The average Bonchev–Trinajstić information content (AvgIpc) is 3.12. The van der Waals surface area contributed by atoms with Crippen LogP contribution in [0.5, 0.6) is 11.5 Å². The lowest BCUT2D eigenvalue weighted by molar-refractivity contribution is 0.0396. The number of methoxy groups -OCH3 is 2. The van der Waals surface area contributed by atoms with Gasteiger partial charge in [-0.1, -0.05) is 62.2 Å². The van der Waals surface area contributed by atoms with Crippen LogP contribution in [0.3, 0.4) is 0 Å². The van der Waals surface area contributed by atoms with E-state index in [-0.39, 0.29) is 11.1 Å². The zero-order valence-electron chi connectivity index (χ0n) is 26.9. The summed E-state index contributed by atoms with van der Waals surface area (Å²) in [5.41, 5.74) is 2.83. The van der Waals surface area contributed by atoms with Gasteiger partial charge < -0.3 is 18.9 Å². The predicted octanol–water partition coefficient (Wildman–Crippen LogP) is 7.98. The summed E-state index contributed by atoms with van der Waals surface area (Å²) in [6, 6.07) is 18.0. The minimum Gasteiger partial charge on any atom is -0.497 e. The molecule has 2 saturated carbocycles. The molecule has 2 fully saturated rings. The molecule has 0 spiro atoms. The zero-order valence-corrected chi connectivity index (χ0v) is 26.9. The molecule has 0 N–H and O–H groups in total. The Kier molecular flexibility index (Phi) is 11.8. The molecule has 0 aliphatic heterocycles. The zero-order chi connectivity index (χ0) is 32.1. The second kappa shape index (κ2) is 16.6. The first-order valence-corrected chi connectivity index (χ1v) is 16.4. The van der Waals surface area contributed by atoms with Crippen molar-refractivity contribution in [2.75, 3.05) is 27.4 Å². The van der Waals surface area contributed by atoms with Crippen molar-refractivity contribution >= 4 is 11.9 Å². The number of ether oxygens (including phenoxy) is 4. The van der Waals surface area contributed by atoms with Crippen molar-refractivity contribution in [1.82, 2.24) is 0 Å². The highest BCUT2D eigenvalue weighted by atomic mass is 16.5. The fraction of sp³-hybridized carbons (Fsp3) is 0.400. The molecule has 0 heterocycles. The van der Waals surface area contributed by atoms with E-state index >= 15 is 0 Å². The average molecular weight is 619 g/mol. The molecule has 238 valence electrons. The van der Waals surface area contributed by atoms with E-state index in [1.807, 2.05) is 48.5 Å². The number of hydrogen-bond donors (Lipinski definition) is 0. The van der Waals surface area contributed by atoms with Gasteiger partial charge in [-0.2, -0.15) is 0 Å². The first kappa shape index (κ1) is 32.7. The van der Waals surface area contributed by atoms with Crippen LogP contribution in [0.25, 0.3) is 0 Å². The molecule has 46 heavy (non-hydrogen) atoms. The lowest BCUT2D eigenvalue weighted by Crippen LogP contribution is -2.19. The maximum absolute atomic E-state index is 13.6. The van der Waals surface area contributed by atoms with E-state index in [0.29, 0.717) is 36.2 Å². The molecule has 3 aromatic carbocycles. The summed E-state index contributed by atoms with van der Waals surface area (Å²) >= 11 is 0. The monoisotopic (exact) mass is 618 g/mol. The third-order valence-electron chi connectivity index (χ3n) is 8.81. The molecule has 0 radical (unpaired) electrons. The van der Waals surface area contributed by atoms with Gasteiger partial charge in [0.05, 0.1) is 38.6 Å². The smallest absolute Gasteiger partial charge is 0.339 e. The number of carbonyl (C=O) groups is 2. The highest BCUT2D eigenvalue weighted by Crippen LogP contribution is 2.27. The van der Waals surface area contributed by atoms with Crippen molar-refractivity contribution in [2.24, 2.45) is 11.8 Å². The summed E-state index contributed by atoms with van der Waals surface area (Å²) in [6.07, 6.45) is 11.3. The summed E-state index contributed by atoms with van der Waals surface area (Å²) in [5.74, 6) is 13.8. The molecular weight excluding hydrogens is 576 g/mol. The van der Waals surface area contributed by atoms with Crippen LogP contribution in [0.2, 0.25) is 0 Å². The molecule has 0 amide bonds. The van der Waals surface area contributed by atoms with Crippen molar-refractivity contribution < 1.29 is 28.5 Å². The molecule has 6 heteroatoms. The van der Waals surface area contributed by atoms with Crippen molar-refractivity contribution in [3.63, 3.8) is 0 Å². The van der Waals surface area contributed by atoms with Crippen LogP contribution in [0, 0.1) is 35.5 Å². The summed E-state index contributed by atoms with van der Waals surface area (Å²) in [6.45, 7) is 0.727. The maximum atomic E-state index is 13.6. The lowest BCUT2D eigenvalue weighted by Gasteiger charge is -2.22. The van der Waals surface area contributed by atoms with Crippen LogP contribution in [0.4, 0.5) is 0 Å². The molecule has 0 bridgehead atoms. The van der Waals surface area contributed by atoms with Gasteiger partial charge in [0.15, 0.2) is 0 Å². The highest BCUT2D eigenvalue weighted by Gasteiger charge is 2.23. The van der Waals surface area contributed by atoms with Crippen molar-refractivity contribution in [2.45, 2.75) is 64.2 Å². The van der Waals surface area contributed by atoms with E-state index in [4.69, 9.17) is 18.9 Å². The Morgan fingerprint density at radius 2 is 0.935 bits per heavy atom. The second-order valence-electron chi connectivity index (χ2n) is 12.1. The Balaban J connectivity index is 1.52. The van der Waals surface area contributed by atoms with Gasteiger partial charge in [0.25, 0.3) is 0 Å². The minimum atomic E-state index is -0.473. The van der Waals surface area contributed by atoms with Crippen molar-refractivity contribution in [1.29, 1.82) is 0 Å². The number of esters is 2. The SMILES string of the molecule is COc1ccc(C#Cc2cc(C(=O)OCC3CCCCC3)c(C#Cc3ccc(OC)cc3)cc2C(=O)OCC2CCCCC2)cc1. The Morgan fingerprint density at radius 1 is 0.565 bits per heavy atom. The predicted molar refractivity (Wildman–Crippen MR) is 178 cm³/mol. The molecule has 2 aliphatic rings. The molecule has 0 aromatic heterocycles. The fourth-order valence-corrected chi connectivity index (χ4v) is 6.02. The quantitative estimate of drug-likeness (QED) is 0.188. The van der Waals surface area contributed by atoms with Crippen LogP contribution < -0.4 is 9.47 Å². The number of hydrogen-bond acceptors (Lipinski definition) is 6. The molecule has 0 unspecified atom stereocenters. The second-order valence-corrected chi connectivity index (χ2v) is 12.1. The van der Waals surface area contributed by atoms with E-state index in [2.05, 4.69) is 23.7 Å². The van der Waals surface area contributed by atoms with E-state index in [0.717, 1.165) is 74.0 Å². The molecule has 5 rings (SSSR count). The molecule has 0 atom stereocenters. The van der Waals surface area contributed by atoms with Crippen molar-refractivity contribution in [3.8, 4) is 35.2 Å². The number of rotatable bonds is 8. The summed E-state index contributed by atoms with van der Waals surface area (Å²) < 4.78 is 22.3. The van der Waals surface area contributed by atoms with Gasteiger partial charge in [0, 0.05) is 22.3 Å². The van der Waals surface area contributed by atoms with Gasteiger partial charge in [-0.25, -0.2) is 9.59 Å². The maximum Gasteiger partial charge on any atom is 0.339 e. The molecular formula is C40H42O6. The summed E-state index contributed by atoms with van der Waals surface area (Å²) in [5, 5.41) is 0. The molecule has 3 aromatic rings. The minimum absolute atomic E-state index is 0.277. The van der Waals surface area contributed by atoms with E-state index in [1.54, 1.807) is 26.4 Å². The third kappa shape index (κ3) is 9.18. The van der Waals surface area contributed by atoms with Crippen molar-refractivity contribution in [3.05, 3.63) is 94.0 Å². The Hall–Kier alpha value is -4.68. The Morgan fingerprint density at radius 3 is 1.28 bits per heavy atom. The number of benzene rings is 3. The van der Waals surface area contributed by atoms with E-state index in [1.165, 1.54) is 12.8 Å². The largest absolute Gasteiger partial charge is 0.497 e. The molecule has 2 aliphatic carbocycles. The van der Waals surface area contributed by atoms with Gasteiger partial charge in [-0.05, 0) is 98.2 Å². The lowest BCUT2D eigenvalue weighted by atomic mass is 9.90. The van der Waals surface area contributed by atoms with Crippen LogP contribution in [-0.2, 0) is 9.47 Å². The topological polar surface area (TPSA) is 71.1 Å². The van der Waals surface area contributed by atoms with Gasteiger partial charge in [0.1, 0.15) is 11.5 Å². The van der Waals surface area contributed by atoms with Crippen LogP contribution >= 0.6 is 0 Å². The van der Waals surface area contributed by atoms with Crippen LogP contribution in [0.1, 0.15) is 107 Å². The summed E-state index contributed by atoms with van der Waals surface area (Å²) in [4.78, 5) is 27.3. The van der Waals surface area contributed by atoms with Gasteiger partial charge >= 0.3 is 11.9 Å². The number of carbonyl (C=O) groups excluding carboxylic acids is 2. The van der Waals surface area contributed by atoms with Gasteiger partial charge in [-0.15, -0.1) is 0 Å². The van der Waals surface area contributed by atoms with Crippen LogP contribution in [-0.4, -0.2) is 39.4 Å². The van der Waals surface area contributed by atoms with Gasteiger partial charge in [-0.3, -0.25) is 0 Å². The summed E-state index contributed by atoms with van der Waals surface area (Å²) in [7, 11) is 3.22. The molecule has 6 nitrogen and oxygen atoms in total. The molecule has 0 saturated heterocycles. The van der Waals surface area contributed by atoms with Crippen LogP contribution in [0.15, 0.2) is 60.7 Å². The van der Waals surface area contributed by atoms with E-state index in [9.17, 15) is 9.59 Å². The fourth-order valence-electron chi connectivity index (χ4n) is 6.02. The normalized spacial score (nSPS) is 15.0. The first-order valence-electron chi connectivity index (χ1n) is 16.4.